The third kappa shape index (κ3) is 1.79. The molecular weight excluding hydrogens is 208 g/mol. The molecular formula is C10H6N4O2. The molecule has 1 N–H and O–H groups in total. The largest absolute Gasteiger partial charge is 0.492 e. The number of aromatic nitrogens is 2. The van der Waals surface area contributed by atoms with Crippen molar-refractivity contribution in [3.05, 3.63) is 23.9 Å². The van der Waals surface area contributed by atoms with E-state index in [4.69, 9.17) is 10.4 Å². The molecule has 0 radical (unpaired) electrons. The third-order valence-electron chi connectivity index (χ3n) is 2.03. The summed E-state index contributed by atoms with van der Waals surface area (Å²) in [5.74, 6) is -1.56. The van der Waals surface area contributed by atoms with Crippen molar-refractivity contribution < 1.29 is 9.90 Å². The van der Waals surface area contributed by atoms with Gasteiger partial charge in [0, 0.05) is 17.9 Å². The molecule has 16 heavy (non-hydrogen) atoms. The highest BCUT2D eigenvalue weighted by Crippen LogP contribution is 2.18. The highest BCUT2D eigenvalue weighted by Gasteiger charge is 2.19. The zero-order chi connectivity index (χ0) is 11.5. The number of dihydropyridines is 1. The van der Waals surface area contributed by atoms with Crippen LogP contribution in [0, 0.1) is 17.2 Å². The molecule has 0 saturated heterocycles. The molecule has 6 heteroatoms. The van der Waals surface area contributed by atoms with Crippen molar-refractivity contribution in [2.75, 3.05) is 0 Å². The van der Waals surface area contributed by atoms with Gasteiger partial charge < -0.3 is 5.11 Å². The monoisotopic (exact) mass is 214 g/mol. The van der Waals surface area contributed by atoms with Crippen molar-refractivity contribution in [2.45, 2.75) is 0 Å². The first-order valence-corrected chi connectivity index (χ1v) is 4.43. The van der Waals surface area contributed by atoms with E-state index < -0.39 is 11.8 Å². The molecule has 0 aliphatic carbocycles. The highest BCUT2D eigenvalue weighted by molar-refractivity contribution is 6.16. The maximum Gasteiger partial charge on any atom is 0.266 e. The molecule has 2 rings (SSSR count). The average Bonchev–Trinajstić information content (AvgIpc) is 2.31. The van der Waals surface area contributed by atoms with E-state index in [0.29, 0.717) is 11.3 Å². The quantitative estimate of drug-likeness (QED) is 0.725. The molecule has 1 aromatic heterocycles. The molecule has 2 heterocycles. The fraction of sp³-hybridized carbons (Fsp3) is 0.100. The fourth-order valence-corrected chi connectivity index (χ4v) is 1.23. The normalized spacial score (nSPS) is 19.1. The standard InChI is InChI=1S/C10H6N4O2/c11-4-6-3-7(5-12-10(6)16)8-1-2-9(15)14-13-8/h1-3,5-6H,(H,14,15). The SMILES string of the molecule is N#CC1C=C(c2ccc(O)nn2)C=NC1=O. The Morgan fingerprint density at radius 2 is 2.19 bits per heavy atom. The average molecular weight is 214 g/mol. The number of aliphatic imine (C=N–C) groups is 1. The number of aromatic hydroxyl groups is 1. The molecule has 1 atom stereocenters. The van der Waals surface area contributed by atoms with Crippen molar-refractivity contribution in [1.29, 1.82) is 5.26 Å². The van der Waals surface area contributed by atoms with Crippen LogP contribution in [-0.4, -0.2) is 27.4 Å². The van der Waals surface area contributed by atoms with Crippen LogP contribution >= 0.6 is 0 Å². The smallest absolute Gasteiger partial charge is 0.266 e. The number of allylic oxidation sites excluding steroid dienone is 1. The summed E-state index contributed by atoms with van der Waals surface area (Å²) in [5, 5.41) is 24.8. The van der Waals surface area contributed by atoms with Gasteiger partial charge in [-0.05, 0) is 12.1 Å². The van der Waals surface area contributed by atoms with Gasteiger partial charge in [-0.2, -0.15) is 5.26 Å². The van der Waals surface area contributed by atoms with Crippen LogP contribution in [0.4, 0.5) is 0 Å². The summed E-state index contributed by atoms with van der Waals surface area (Å²) in [4.78, 5) is 14.7. The summed E-state index contributed by atoms with van der Waals surface area (Å²) < 4.78 is 0. The lowest BCUT2D eigenvalue weighted by Gasteiger charge is -2.07. The first kappa shape index (κ1) is 9.98. The van der Waals surface area contributed by atoms with Gasteiger partial charge in [0.15, 0.2) is 0 Å². The molecule has 1 aliphatic rings. The Labute approximate surface area is 90.6 Å². The summed E-state index contributed by atoms with van der Waals surface area (Å²) in [6.07, 6.45) is 2.80. The topological polar surface area (TPSA) is 99.2 Å². The van der Waals surface area contributed by atoms with E-state index in [2.05, 4.69) is 15.2 Å². The van der Waals surface area contributed by atoms with Gasteiger partial charge in [0.25, 0.3) is 5.91 Å². The number of rotatable bonds is 1. The second kappa shape index (κ2) is 3.90. The molecule has 1 aromatic rings. The molecule has 6 nitrogen and oxygen atoms in total. The molecule has 0 fully saturated rings. The zero-order valence-electron chi connectivity index (χ0n) is 8.03. The van der Waals surface area contributed by atoms with Gasteiger partial charge in [0.05, 0.1) is 11.8 Å². The molecule has 0 bridgehead atoms. The Morgan fingerprint density at radius 3 is 2.81 bits per heavy atom. The van der Waals surface area contributed by atoms with Crippen LogP contribution in [0.25, 0.3) is 5.57 Å². The second-order valence-corrected chi connectivity index (χ2v) is 3.10. The lowest BCUT2D eigenvalue weighted by molar-refractivity contribution is -0.118. The van der Waals surface area contributed by atoms with Crippen LogP contribution in [-0.2, 0) is 4.79 Å². The first-order valence-electron chi connectivity index (χ1n) is 4.43. The van der Waals surface area contributed by atoms with E-state index in [1.807, 2.05) is 6.07 Å². The van der Waals surface area contributed by atoms with Gasteiger partial charge in [0.2, 0.25) is 5.88 Å². The van der Waals surface area contributed by atoms with Crippen LogP contribution in [0.3, 0.4) is 0 Å². The Hall–Kier alpha value is -2.55. The number of nitriles is 1. The highest BCUT2D eigenvalue weighted by atomic mass is 16.3. The number of carbonyl (C=O) groups excluding carboxylic acids is 1. The summed E-state index contributed by atoms with van der Waals surface area (Å²) in [6.45, 7) is 0. The summed E-state index contributed by atoms with van der Waals surface area (Å²) in [7, 11) is 0. The van der Waals surface area contributed by atoms with Crippen molar-refractivity contribution in [3.8, 4) is 11.9 Å². The maximum absolute atomic E-state index is 11.1. The Morgan fingerprint density at radius 1 is 1.38 bits per heavy atom. The lowest BCUT2D eigenvalue weighted by atomic mass is 10.0. The maximum atomic E-state index is 11.1. The Kier molecular flexibility index (Phi) is 2.44. The summed E-state index contributed by atoms with van der Waals surface area (Å²) >= 11 is 0. The van der Waals surface area contributed by atoms with Gasteiger partial charge >= 0.3 is 0 Å². The predicted molar refractivity (Wildman–Crippen MR) is 54.3 cm³/mol. The molecule has 1 amide bonds. The van der Waals surface area contributed by atoms with E-state index in [1.165, 1.54) is 24.4 Å². The minimum Gasteiger partial charge on any atom is -0.492 e. The first-order chi connectivity index (χ1) is 7.70. The summed E-state index contributed by atoms with van der Waals surface area (Å²) in [6, 6.07) is 4.73. The van der Waals surface area contributed by atoms with Crippen molar-refractivity contribution >= 4 is 17.7 Å². The number of hydrogen-bond acceptors (Lipinski definition) is 5. The lowest BCUT2D eigenvalue weighted by Crippen LogP contribution is -2.13. The van der Waals surface area contributed by atoms with E-state index in [9.17, 15) is 4.79 Å². The van der Waals surface area contributed by atoms with Crippen molar-refractivity contribution in [2.24, 2.45) is 10.9 Å². The van der Waals surface area contributed by atoms with Crippen LogP contribution < -0.4 is 0 Å². The molecule has 1 unspecified atom stereocenters. The Balaban J connectivity index is 2.36. The van der Waals surface area contributed by atoms with E-state index >= 15 is 0 Å². The number of hydrogen-bond donors (Lipinski definition) is 1. The van der Waals surface area contributed by atoms with Crippen LogP contribution in [0.1, 0.15) is 5.69 Å². The minimum atomic E-state index is -0.879. The van der Waals surface area contributed by atoms with Crippen molar-refractivity contribution in [3.63, 3.8) is 0 Å². The number of amides is 1. The Bertz CT molecular complexity index is 525. The van der Waals surface area contributed by atoms with Crippen LogP contribution in [0.15, 0.2) is 23.2 Å². The molecule has 0 saturated carbocycles. The van der Waals surface area contributed by atoms with E-state index in [-0.39, 0.29) is 5.88 Å². The third-order valence-corrected chi connectivity index (χ3v) is 2.03. The molecule has 1 aliphatic heterocycles. The van der Waals surface area contributed by atoms with Crippen molar-refractivity contribution in [1.82, 2.24) is 10.2 Å². The van der Waals surface area contributed by atoms with Gasteiger partial charge in [-0.3, -0.25) is 4.79 Å². The van der Waals surface area contributed by atoms with Gasteiger partial charge in [-0.1, -0.05) is 0 Å². The van der Waals surface area contributed by atoms with E-state index in [0.717, 1.165) is 0 Å². The predicted octanol–water partition coefficient (Wildman–Crippen LogP) is 0.316. The number of nitrogens with zero attached hydrogens (tertiary/aromatic N) is 4. The minimum absolute atomic E-state index is 0.190. The molecule has 0 aromatic carbocycles. The molecule has 0 spiro atoms. The zero-order valence-corrected chi connectivity index (χ0v) is 8.03. The van der Waals surface area contributed by atoms with Gasteiger partial charge in [-0.25, -0.2) is 4.99 Å². The fourth-order valence-electron chi connectivity index (χ4n) is 1.23. The second-order valence-electron chi connectivity index (χ2n) is 3.10. The van der Waals surface area contributed by atoms with Gasteiger partial charge in [0.1, 0.15) is 5.92 Å². The van der Waals surface area contributed by atoms with Crippen LogP contribution in [0.5, 0.6) is 5.88 Å². The van der Waals surface area contributed by atoms with E-state index in [1.54, 1.807) is 0 Å². The van der Waals surface area contributed by atoms with Crippen LogP contribution in [0.2, 0.25) is 0 Å². The number of carbonyl (C=O) groups is 1. The molecule has 78 valence electrons. The summed E-state index contributed by atoms with van der Waals surface area (Å²) in [5.41, 5.74) is 0.993. The van der Waals surface area contributed by atoms with Gasteiger partial charge in [-0.15, -0.1) is 10.2 Å².